The zero-order valence-electron chi connectivity index (χ0n) is 18.7. The van der Waals surface area contributed by atoms with E-state index in [1.54, 1.807) is 32.0 Å². The van der Waals surface area contributed by atoms with E-state index < -0.39 is 44.3 Å². The number of benzene rings is 2. The number of aryl methyl sites for hydroxylation is 1. The van der Waals surface area contributed by atoms with Gasteiger partial charge in [0.05, 0.1) is 15.5 Å². The molecule has 1 N–H and O–H groups in total. The van der Waals surface area contributed by atoms with E-state index in [4.69, 9.17) is 21.4 Å². The lowest BCUT2D eigenvalue weighted by Crippen LogP contribution is -2.36. The summed E-state index contributed by atoms with van der Waals surface area (Å²) in [6, 6.07) is 7.76. The minimum absolute atomic E-state index is 0.0706. The number of hydrogen-bond acceptors (Lipinski definition) is 5. The first-order valence-electron chi connectivity index (χ1n) is 10.2. The number of halogens is 4. The lowest BCUT2D eigenvalue weighted by atomic mass is 10.2. The second-order valence-electron chi connectivity index (χ2n) is 7.54. The standard InChI is InChI=1S/C22H25ClF3NO5S2/c1-4-9-27(34(30,31)17-6-7-19(23)18(11-17)22(24,25)26)12-15(3)33-16-5-8-20(14(2)10-16)32-13-21(28)29/h5-8,10-11,15H,4,9,12-13H2,1-3H3,(H,28,29). The number of thioether (sulfide) groups is 1. The number of sulfonamides is 1. The van der Waals surface area contributed by atoms with Crippen LogP contribution < -0.4 is 4.74 Å². The average Bonchev–Trinajstić information content (AvgIpc) is 2.72. The smallest absolute Gasteiger partial charge is 0.417 e. The molecule has 0 fully saturated rings. The highest BCUT2D eigenvalue weighted by molar-refractivity contribution is 8.00. The molecule has 0 aromatic heterocycles. The molecule has 0 heterocycles. The van der Waals surface area contributed by atoms with Crippen molar-refractivity contribution in [2.24, 2.45) is 0 Å². The zero-order chi connectivity index (χ0) is 25.7. The van der Waals surface area contributed by atoms with Gasteiger partial charge >= 0.3 is 12.1 Å². The maximum atomic E-state index is 13.2. The summed E-state index contributed by atoms with van der Waals surface area (Å²) in [5.74, 6) is -0.662. The molecule has 1 atom stereocenters. The molecule has 0 bridgehead atoms. The van der Waals surface area contributed by atoms with Crippen molar-refractivity contribution in [2.75, 3.05) is 19.7 Å². The van der Waals surface area contributed by atoms with Crippen LogP contribution in [0.3, 0.4) is 0 Å². The number of carbonyl (C=O) groups is 1. The van der Waals surface area contributed by atoms with Crippen LogP contribution in [-0.2, 0) is 21.0 Å². The van der Waals surface area contributed by atoms with Crippen molar-refractivity contribution in [2.45, 2.75) is 48.4 Å². The first-order valence-corrected chi connectivity index (χ1v) is 12.9. The molecule has 0 spiro atoms. The minimum atomic E-state index is -4.78. The van der Waals surface area contributed by atoms with Crippen molar-refractivity contribution >= 4 is 39.4 Å². The van der Waals surface area contributed by atoms with Crippen molar-refractivity contribution in [3.05, 3.63) is 52.5 Å². The maximum absolute atomic E-state index is 13.2. The average molecular weight is 540 g/mol. The molecule has 0 aliphatic rings. The van der Waals surface area contributed by atoms with E-state index in [-0.39, 0.29) is 18.3 Å². The van der Waals surface area contributed by atoms with Crippen LogP contribution in [0.4, 0.5) is 13.2 Å². The molecular formula is C22H25ClF3NO5S2. The van der Waals surface area contributed by atoms with Crippen LogP contribution in [0.25, 0.3) is 0 Å². The van der Waals surface area contributed by atoms with E-state index in [1.165, 1.54) is 16.1 Å². The number of nitrogens with zero attached hydrogens (tertiary/aromatic N) is 1. The lowest BCUT2D eigenvalue weighted by molar-refractivity contribution is -0.139. The first-order chi connectivity index (χ1) is 15.8. The van der Waals surface area contributed by atoms with Crippen LogP contribution in [0.2, 0.25) is 5.02 Å². The molecule has 12 heteroatoms. The Balaban J connectivity index is 2.21. The first kappa shape index (κ1) is 28.3. The van der Waals surface area contributed by atoms with Gasteiger partial charge in [-0.1, -0.05) is 25.4 Å². The Morgan fingerprint density at radius 2 is 1.91 bits per heavy atom. The van der Waals surface area contributed by atoms with Crippen LogP contribution in [0.1, 0.15) is 31.4 Å². The van der Waals surface area contributed by atoms with Crippen LogP contribution >= 0.6 is 23.4 Å². The summed E-state index contributed by atoms with van der Waals surface area (Å²) >= 11 is 7.02. The minimum Gasteiger partial charge on any atom is -0.482 e. The number of alkyl halides is 3. The summed E-state index contributed by atoms with van der Waals surface area (Å²) in [5.41, 5.74) is -0.480. The van der Waals surface area contributed by atoms with E-state index >= 15 is 0 Å². The molecule has 1 unspecified atom stereocenters. The number of ether oxygens (including phenoxy) is 1. The molecule has 0 amide bonds. The molecule has 0 aliphatic heterocycles. The van der Waals surface area contributed by atoms with Gasteiger partial charge in [-0.25, -0.2) is 13.2 Å². The van der Waals surface area contributed by atoms with Gasteiger partial charge in [0.2, 0.25) is 10.0 Å². The van der Waals surface area contributed by atoms with E-state index in [0.29, 0.717) is 18.2 Å². The number of aliphatic carboxylic acids is 1. The van der Waals surface area contributed by atoms with Gasteiger partial charge in [-0.15, -0.1) is 11.8 Å². The van der Waals surface area contributed by atoms with Gasteiger partial charge in [0.1, 0.15) is 5.75 Å². The maximum Gasteiger partial charge on any atom is 0.417 e. The van der Waals surface area contributed by atoms with Crippen LogP contribution in [0.5, 0.6) is 5.75 Å². The third-order valence-corrected chi connectivity index (χ3v) is 7.92. The Labute approximate surface area is 206 Å². The summed E-state index contributed by atoms with van der Waals surface area (Å²) in [4.78, 5) is 11.0. The SMILES string of the molecule is CCCN(CC(C)Sc1ccc(OCC(=O)O)c(C)c1)S(=O)(=O)c1ccc(Cl)c(C(F)(F)F)c1. The van der Waals surface area contributed by atoms with Crippen molar-refractivity contribution in [3.8, 4) is 5.75 Å². The third kappa shape index (κ3) is 7.53. The quantitative estimate of drug-likeness (QED) is 0.368. The van der Waals surface area contributed by atoms with Crippen molar-refractivity contribution in [1.29, 1.82) is 0 Å². The Morgan fingerprint density at radius 3 is 2.47 bits per heavy atom. The number of carboxylic acid groups (broad SMARTS) is 1. The molecule has 6 nitrogen and oxygen atoms in total. The van der Waals surface area contributed by atoms with Crippen molar-refractivity contribution in [1.82, 2.24) is 4.31 Å². The predicted molar refractivity (Wildman–Crippen MR) is 125 cm³/mol. The highest BCUT2D eigenvalue weighted by atomic mass is 35.5. The molecule has 0 saturated heterocycles. The Morgan fingerprint density at radius 1 is 1.24 bits per heavy atom. The van der Waals surface area contributed by atoms with Crippen LogP contribution in [0.15, 0.2) is 46.2 Å². The topological polar surface area (TPSA) is 83.9 Å². The van der Waals surface area contributed by atoms with E-state index in [1.807, 2.05) is 6.92 Å². The second-order valence-corrected chi connectivity index (χ2v) is 11.4. The molecule has 0 radical (unpaired) electrons. The molecule has 2 aromatic carbocycles. The van der Waals surface area contributed by atoms with Gasteiger partial charge in [-0.2, -0.15) is 17.5 Å². The summed E-state index contributed by atoms with van der Waals surface area (Å²) in [6.07, 6.45) is -4.30. The molecule has 0 saturated carbocycles. The highest BCUT2D eigenvalue weighted by Gasteiger charge is 2.35. The molecule has 0 aliphatic carbocycles. The van der Waals surface area contributed by atoms with Crippen LogP contribution in [0, 0.1) is 6.92 Å². The summed E-state index contributed by atoms with van der Waals surface area (Å²) in [6.45, 7) is 5.10. The summed E-state index contributed by atoms with van der Waals surface area (Å²) < 4.78 is 72.4. The van der Waals surface area contributed by atoms with Gasteiger partial charge in [-0.05, 0) is 55.3 Å². The van der Waals surface area contributed by atoms with Gasteiger partial charge in [0.25, 0.3) is 0 Å². The molecule has 188 valence electrons. The molecular weight excluding hydrogens is 515 g/mol. The van der Waals surface area contributed by atoms with E-state index in [2.05, 4.69) is 0 Å². The Kier molecular flexibility index (Phi) is 9.70. The van der Waals surface area contributed by atoms with Crippen molar-refractivity contribution < 1.29 is 36.2 Å². The van der Waals surface area contributed by atoms with Gasteiger partial charge < -0.3 is 9.84 Å². The van der Waals surface area contributed by atoms with E-state index in [0.717, 1.165) is 22.6 Å². The number of carboxylic acids is 1. The fourth-order valence-corrected chi connectivity index (χ4v) is 6.22. The normalized spacial score (nSPS) is 13.2. The number of hydrogen-bond donors (Lipinski definition) is 1. The Hall–Kier alpha value is -1.95. The predicted octanol–water partition coefficient (Wildman–Crippen LogP) is 5.71. The fraction of sp³-hybridized carbons (Fsp3) is 0.409. The van der Waals surface area contributed by atoms with Gasteiger partial charge in [0, 0.05) is 23.2 Å². The Bertz CT molecular complexity index is 1130. The van der Waals surface area contributed by atoms with E-state index in [9.17, 15) is 26.4 Å². The fourth-order valence-electron chi connectivity index (χ4n) is 3.14. The van der Waals surface area contributed by atoms with Gasteiger partial charge in [-0.3, -0.25) is 0 Å². The summed E-state index contributed by atoms with van der Waals surface area (Å²) in [5, 5.41) is 7.94. The largest absolute Gasteiger partial charge is 0.482 e. The molecule has 2 rings (SSSR count). The summed E-state index contributed by atoms with van der Waals surface area (Å²) in [7, 11) is -4.19. The van der Waals surface area contributed by atoms with Crippen LogP contribution in [-0.4, -0.2) is 48.7 Å². The zero-order valence-corrected chi connectivity index (χ0v) is 21.1. The monoisotopic (exact) mass is 539 g/mol. The van der Waals surface area contributed by atoms with Gasteiger partial charge in [0.15, 0.2) is 6.61 Å². The highest BCUT2D eigenvalue weighted by Crippen LogP contribution is 2.37. The number of rotatable bonds is 11. The third-order valence-electron chi connectivity index (χ3n) is 4.65. The van der Waals surface area contributed by atoms with Crippen molar-refractivity contribution in [3.63, 3.8) is 0 Å². The molecule has 2 aromatic rings. The lowest BCUT2D eigenvalue weighted by Gasteiger charge is -2.25. The molecule has 34 heavy (non-hydrogen) atoms. The second kappa shape index (κ2) is 11.7.